The molecule has 2 aliphatic heterocycles. The molecule has 0 aromatic heterocycles. The molecular formula is C24H30O12. The molecule has 12 nitrogen and oxygen atoms in total. The fraction of sp³-hybridized carbons (Fsp3) is 0.542. The Hall–Kier alpha value is -2.71. The molecule has 0 amide bonds. The maximum atomic E-state index is 12.5. The van der Waals surface area contributed by atoms with Crippen molar-refractivity contribution in [1.29, 1.82) is 0 Å². The van der Waals surface area contributed by atoms with Crippen LogP contribution < -0.4 is 0 Å². The summed E-state index contributed by atoms with van der Waals surface area (Å²) in [5, 5.41) is 69.7. The number of fused-ring (bicyclic) bond motifs is 1. The minimum Gasteiger partial charge on any atom is -0.504 e. The molecule has 36 heavy (non-hydrogen) atoms. The Balaban J connectivity index is 1.44. The molecule has 1 saturated heterocycles. The van der Waals surface area contributed by atoms with Crippen LogP contribution in [0.2, 0.25) is 0 Å². The molecular weight excluding hydrogens is 480 g/mol. The van der Waals surface area contributed by atoms with Crippen molar-refractivity contribution in [3.05, 3.63) is 42.2 Å². The third kappa shape index (κ3) is 5.20. The van der Waals surface area contributed by atoms with Crippen LogP contribution in [0.1, 0.15) is 18.9 Å². The maximum Gasteiger partial charge on any atom is 0.331 e. The first kappa shape index (κ1) is 26.4. The largest absolute Gasteiger partial charge is 0.504 e. The molecule has 7 N–H and O–H groups in total. The van der Waals surface area contributed by atoms with E-state index in [0.29, 0.717) is 5.56 Å². The summed E-state index contributed by atoms with van der Waals surface area (Å²) in [5.74, 6) is -2.61. The molecule has 2 heterocycles. The molecule has 10 atom stereocenters. The van der Waals surface area contributed by atoms with Gasteiger partial charge < -0.3 is 54.7 Å². The molecule has 12 heteroatoms. The van der Waals surface area contributed by atoms with Crippen LogP contribution in [-0.4, -0.2) is 97.0 Å². The van der Waals surface area contributed by atoms with E-state index >= 15 is 0 Å². The molecule has 1 aliphatic carbocycles. The summed E-state index contributed by atoms with van der Waals surface area (Å²) in [5.41, 5.74) is -0.969. The minimum absolute atomic E-state index is 0.0458. The molecule has 1 saturated carbocycles. The smallest absolute Gasteiger partial charge is 0.331 e. The molecule has 10 unspecified atom stereocenters. The Morgan fingerprint density at radius 2 is 1.89 bits per heavy atom. The number of carbonyl (C=O) groups excluding carboxylic acids is 1. The van der Waals surface area contributed by atoms with Crippen LogP contribution in [0, 0.1) is 11.8 Å². The van der Waals surface area contributed by atoms with Gasteiger partial charge >= 0.3 is 5.97 Å². The second kappa shape index (κ2) is 10.3. The van der Waals surface area contributed by atoms with E-state index in [1.165, 1.54) is 37.5 Å². The predicted octanol–water partition coefficient (Wildman–Crippen LogP) is -0.904. The number of carbonyl (C=O) groups is 1. The van der Waals surface area contributed by atoms with Crippen molar-refractivity contribution < 1.29 is 59.5 Å². The van der Waals surface area contributed by atoms with Gasteiger partial charge in [-0.2, -0.15) is 0 Å². The average Bonchev–Trinajstić information content (AvgIpc) is 3.10. The van der Waals surface area contributed by atoms with Gasteiger partial charge in [-0.05, 0) is 36.8 Å². The SMILES string of the molecule is CC1(O)CC(OC(=O)C=Cc2ccc(O)c(O)c2)C2C=COC(OC3OC(CO)C(O)C(O)C3O)C21. The van der Waals surface area contributed by atoms with E-state index in [-0.39, 0.29) is 17.9 Å². The van der Waals surface area contributed by atoms with Gasteiger partial charge in [0.15, 0.2) is 17.8 Å². The lowest BCUT2D eigenvalue weighted by Crippen LogP contribution is -2.60. The Labute approximate surface area is 206 Å². The van der Waals surface area contributed by atoms with Crippen molar-refractivity contribution in [3.8, 4) is 11.5 Å². The maximum absolute atomic E-state index is 12.5. The zero-order valence-electron chi connectivity index (χ0n) is 19.3. The molecule has 198 valence electrons. The zero-order chi connectivity index (χ0) is 26.2. The summed E-state index contributed by atoms with van der Waals surface area (Å²) in [6.07, 6.45) is -3.89. The van der Waals surface area contributed by atoms with Gasteiger partial charge in [0, 0.05) is 18.4 Å². The van der Waals surface area contributed by atoms with Crippen LogP contribution in [0.3, 0.4) is 0 Å². The molecule has 0 spiro atoms. The van der Waals surface area contributed by atoms with Gasteiger partial charge in [-0.3, -0.25) is 0 Å². The van der Waals surface area contributed by atoms with Gasteiger partial charge in [-0.1, -0.05) is 6.07 Å². The monoisotopic (exact) mass is 510 g/mol. The van der Waals surface area contributed by atoms with Crippen LogP contribution in [0.25, 0.3) is 6.08 Å². The summed E-state index contributed by atoms with van der Waals surface area (Å²) < 4.78 is 22.2. The van der Waals surface area contributed by atoms with Crippen molar-refractivity contribution in [2.75, 3.05) is 6.61 Å². The molecule has 3 aliphatic rings. The van der Waals surface area contributed by atoms with E-state index in [2.05, 4.69) is 0 Å². The van der Waals surface area contributed by atoms with Crippen molar-refractivity contribution in [2.24, 2.45) is 11.8 Å². The van der Waals surface area contributed by atoms with Crippen LogP contribution in [0.15, 0.2) is 36.6 Å². The highest BCUT2D eigenvalue weighted by Gasteiger charge is 2.57. The summed E-state index contributed by atoms with van der Waals surface area (Å²) in [6.45, 7) is 0.898. The van der Waals surface area contributed by atoms with Crippen molar-refractivity contribution in [2.45, 2.75) is 62.0 Å². The fourth-order valence-electron chi connectivity index (χ4n) is 4.89. The number of rotatable bonds is 6. The highest BCUT2D eigenvalue weighted by molar-refractivity contribution is 5.87. The molecule has 4 rings (SSSR count). The quantitative estimate of drug-likeness (QED) is 0.142. The first-order chi connectivity index (χ1) is 17.0. The van der Waals surface area contributed by atoms with Gasteiger partial charge in [0.25, 0.3) is 0 Å². The van der Waals surface area contributed by atoms with Crippen molar-refractivity contribution in [1.82, 2.24) is 0 Å². The fourth-order valence-corrected chi connectivity index (χ4v) is 4.89. The number of aliphatic hydroxyl groups is 5. The normalized spacial score (nSPS) is 40.1. The highest BCUT2D eigenvalue weighted by atomic mass is 16.8. The average molecular weight is 510 g/mol. The third-order valence-corrected chi connectivity index (χ3v) is 6.78. The first-order valence-electron chi connectivity index (χ1n) is 11.4. The highest BCUT2D eigenvalue weighted by Crippen LogP contribution is 2.48. The number of aliphatic hydroxyl groups excluding tert-OH is 4. The Bertz CT molecular complexity index is 1000. The predicted molar refractivity (Wildman–Crippen MR) is 120 cm³/mol. The van der Waals surface area contributed by atoms with Gasteiger partial charge in [0.05, 0.1) is 24.4 Å². The van der Waals surface area contributed by atoms with E-state index in [9.17, 15) is 40.5 Å². The van der Waals surface area contributed by atoms with Crippen LogP contribution in [0.4, 0.5) is 0 Å². The second-order valence-electron chi connectivity index (χ2n) is 9.39. The third-order valence-electron chi connectivity index (χ3n) is 6.78. The van der Waals surface area contributed by atoms with Gasteiger partial charge in [0.1, 0.15) is 30.5 Å². The Morgan fingerprint density at radius 3 is 2.58 bits per heavy atom. The summed E-state index contributed by atoms with van der Waals surface area (Å²) in [6, 6.07) is 4.05. The number of ether oxygens (including phenoxy) is 4. The summed E-state index contributed by atoms with van der Waals surface area (Å²) in [4.78, 5) is 12.5. The lowest BCUT2D eigenvalue weighted by Gasteiger charge is -2.43. The molecule has 0 bridgehead atoms. The lowest BCUT2D eigenvalue weighted by molar-refractivity contribution is -0.346. The van der Waals surface area contributed by atoms with Gasteiger partial charge in [-0.25, -0.2) is 4.79 Å². The summed E-state index contributed by atoms with van der Waals surface area (Å²) >= 11 is 0. The number of phenols is 2. The number of esters is 1. The van der Waals surface area contributed by atoms with Crippen LogP contribution in [0.5, 0.6) is 11.5 Å². The standard InChI is InChI=1S/C24H30O12/c1-24(32)9-15(34-17(28)5-3-11-2-4-13(26)14(27)8-11)12-6-7-33-22(18(12)24)36-23-21(31)20(30)19(29)16(10-25)35-23/h2-8,12,15-16,18-23,25-27,29-32H,9-10H2,1H3. The van der Waals surface area contributed by atoms with Crippen molar-refractivity contribution in [3.63, 3.8) is 0 Å². The minimum atomic E-state index is -1.65. The number of hydrogen-bond donors (Lipinski definition) is 7. The van der Waals surface area contributed by atoms with Crippen LogP contribution >= 0.6 is 0 Å². The number of aromatic hydroxyl groups is 2. The summed E-state index contributed by atoms with van der Waals surface area (Å²) in [7, 11) is 0. The second-order valence-corrected chi connectivity index (χ2v) is 9.39. The van der Waals surface area contributed by atoms with E-state index < -0.39 is 73.1 Å². The molecule has 2 fully saturated rings. The first-order valence-corrected chi connectivity index (χ1v) is 11.4. The lowest BCUT2D eigenvalue weighted by atomic mass is 9.85. The van der Waals surface area contributed by atoms with Crippen molar-refractivity contribution >= 4 is 12.0 Å². The van der Waals surface area contributed by atoms with E-state index in [1.54, 1.807) is 6.08 Å². The van der Waals surface area contributed by atoms with Gasteiger partial charge in [-0.15, -0.1) is 0 Å². The molecule has 0 radical (unpaired) electrons. The number of benzene rings is 1. The number of hydrogen-bond acceptors (Lipinski definition) is 12. The Morgan fingerprint density at radius 1 is 1.14 bits per heavy atom. The Kier molecular flexibility index (Phi) is 7.57. The van der Waals surface area contributed by atoms with E-state index in [1.807, 2.05) is 0 Å². The topological polar surface area (TPSA) is 196 Å². The zero-order valence-corrected chi connectivity index (χ0v) is 19.3. The van der Waals surface area contributed by atoms with Crippen LogP contribution in [-0.2, 0) is 23.7 Å². The van der Waals surface area contributed by atoms with E-state index in [4.69, 9.17) is 18.9 Å². The number of phenolic OH excluding ortho intramolecular Hbond substituents is 2. The van der Waals surface area contributed by atoms with E-state index in [0.717, 1.165) is 6.08 Å². The molecule has 1 aromatic carbocycles. The van der Waals surface area contributed by atoms with Gasteiger partial charge in [0.2, 0.25) is 6.29 Å². The molecule has 1 aromatic rings.